The molecule has 3 aromatic heterocycles. The number of hydrogen-bond donors (Lipinski definition) is 0. The summed E-state index contributed by atoms with van der Waals surface area (Å²) in [7, 11) is 2.16. The summed E-state index contributed by atoms with van der Waals surface area (Å²) in [6.07, 6.45) is 4.03. The van der Waals surface area contributed by atoms with E-state index in [9.17, 15) is 0 Å². The Morgan fingerprint density at radius 2 is 1.61 bits per heavy atom. The molecule has 5 heterocycles. The fourth-order valence-corrected chi connectivity index (χ4v) is 4.77. The lowest BCUT2D eigenvalue weighted by molar-refractivity contribution is 0.311. The normalized spacial score (nSPS) is 19.8. The van der Waals surface area contributed by atoms with Gasteiger partial charge >= 0.3 is 0 Å². The zero-order valence-electron chi connectivity index (χ0n) is 20.0. The molecule has 2 fully saturated rings. The van der Waals surface area contributed by atoms with Crippen LogP contribution in [0, 0.1) is 20.8 Å². The highest BCUT2D eigenvalue weighted by molar-refractivity contribution is 5.62. The Kier molecular flexibility index (Phi) is 5.97. The van der Waals surface area contributed by atoms with Crippen molar-refractivity contribution in [3.05, 3.63) is 41.1 Å². The summed E-state index contributed by atoms with van der Waals surface area (Å²) in [6.45, 7) is 11.7. The molecular weight excluding hydrogens is 416 g/mol. The maximum absolute atomic E-state index is 5.64. The van der Waals surface area contributed by atoms with E-state index in [0.717, 1.165) is 98.1 Å². The van der Waals surface area contributed by atoms with Crippen molar-refractivity contribution in [2.45, 2.75) is 39.5 Å². The number of anilines is 2. The fraction of sp³-hybridized carbons (Fsp3) is 0.542. The summed E-state index contributed by atoms with van der Waals surface area (Å²) >= 11 is 0. The molecule has 33 heavy (non-hydrogen) atoms. The topological polar surface area (TPSA) is 87.3 Å². The molecule has 5 rings (SSSR count). The molecule has 0 bridgehead atoms. The van der Waals surface area contributed by atoms with Gasteiger partial charge in [-0.2, -0.15) is 0 Å². The first-order chi connectivity index (χ1) is 16.0. The first-order valence-electron chi connectivity index (χ1n) is 11.8. The van der Waals surface area contributed by atoms with Crippen molar-refractivity contribution in [1.82, 2.24) is 30.0 Å². The molecule has 0 N–H and O–H groups in total. The van der Waals surface area contributed by atoms with Crippen LogP contribution in [0.4, 0.5) is 11.9 Å². The van der Waals surface area contributed by atoms with Crippen LogP contribution in [0.25, 0.3) is 11.3 Å². The molecule has 0 amide bonds. The Balaban J connectivity index is 1.49. The highest BCUT2D eigenvalue weighted by atomic mass is 16.5. The van der Waals surface area contributed by atoms with Gasteiger partial charge in [-0.1, -0.05) is 5.16 Å². The summed E-state index contributed by atoms with van der Waals surface area (Å²) in [4.78, 5) is 26.2. The zero-order chi connectivity index (χ0) is 22.9. The minimum absolute atomic E-state index is 0.234. The quantitative estimate of drug-likeness (QED) is 0.598. The van der Waals surface area contributed by atoms with Gasteiger partial charge in [-0.15, -0.1) is 0 Å². The molecule has 0 aliphatic carbocycles. The Morgan fingerprint density at radius 3 is 2.30 bits per heavy atom. The van der Waals surface area contributed by atoms with Gasteiger partial charge in [0.2, 0.25) is 11.9 Å². The second kappa shape index (κ2) is 9.05. The lowest BCUT2D eigenvalue weighted by Crippen LogP contribution is -2.45. The van der Waals surface area contributed by atoms with E-state index in [4.69, 9.17) is 24.5 Å². The van der Waals surface area contributed by atoms with E-state index in [0.29, 0.717) is 0 Å². The van der Waals surface area contributed by atoms with Crippen LogP contribution in [-0.4, -0.2) is 76.3 Å². The van der Waals surface area contributed by atoms with E-state index < -0.39 is 0 Å². The molecule has 9 nitrogen and oxygen atoms in total. The average Bonchev–Trinajstić information content (AvgIpc) is 3.25. The lowest BCUT2D eigenvalue weighted by Gasteiger charge is -2.35. The number of aromatic nitrogens is 5. The van der Waals surface area contributed by atoms with Gasteiger partial charge < -0.3 is 19.2 Å². The second-order valence-corrected chi connectivity index (χ2v) is 9.33. The van der Waals surface area contributed by atoms with Crippen molar-refractivity contribution in [1.29, 1.82) is 0 Å². The van der Waals surface area contributed by atoms with E-state index in [1.165, 1.54) is 0 Å². The number of hydrogen-bond acceptors (Lipinski definition) is 9. The third-order valence-electron chi connectivity index (χ3n) is 6.55. The van der Waals surface area contributed by atoms with Crippen LogP contribution < -0.4 is 9.80 Å². The van der Waals surface area contributed by atoms with Crippen molar-refractivity contribution in [3.63, 3.8) is 0 Å². The third kappa shape index (κ3) is 4.68. The van der Waals surface area contributed by atoms with Crippen LogP contribution in [0.3, 0.4) is 0 Å². The summed E-state index contributed by atoms with van der Waals surface area (Å²) in [5.74, 6) is 2.57. The van der Waals surface area contributed by atoms with E-state index in [2.05, 4.69) is 26.9 Å². The van der Waals surface area contributed by atoms with Crippen LogP contribution in [0.1, 0.15) is 41.5 Å². The molecule has 1 atom stereocenters. The first kappa shape index (κ1) is 21.8. The summed E-state index contributed by atoms with van der Waals surface area (Å²) in [5, 5.41) is 4.10. The van der Waals surface area contributed by atoms with Gasteiger partial charge in [-0.05, 0) is 46.7 Å². The van der Waals surface area contributed by atoms with Gasteiger partial charge in [-0.25, -0.2) is 19.9 Å². The Labute approximate surface area is 194 Å². The smallest absolute Gasteiger partial charge is 0.225 e. The van der Waals surface area contributed by atoms with Crippen LogP contribution in [0.15, 0.2) is 22.9 Å². The lowest BCUT2D eigenvalue weighted by atomic mass is 9.91. The maximum Gasteiger partial charge on any atom is 0.225 e. The molecule has 0 radical (unpaired) electrons. The van der Waals surface area contributed by atoms with Gasteiger partial charge in [0.1, 0.15) is 0 Å². The van der Waals surface area contributed by atoms with Crippen molar-refractivity contribution in [2.24, 2.45) is 0 Å². The number of piperazine rings is 1. The molecule has 0 saturated carbocycles. The monoisotopic (exact) mass is 448 g/mol. The third-order valence-corrected chi connectivity index (χ3v) is 6.55. The minimum atomic E-state index is 0.234. The van der Waals surface area contributed by atoms with Gasteiger partial charge in [-0.3, -0.25) is 0 Å². The Hall–Kier alpha value is -3.07. The Morgan fingerprint density at radius 1 is 0.848 bits per heavy atom. The summed E-state index contributed by atoms with van der Waals surface area (Å²) in [5.41, 5.74) is 4.81. The van der Waals surface area contributed by atoms with Gasteiger partial charge in [0, 0.05) is 68.8 Å². The fourth-order valence-electron chi connectivity index (χ4n) is 4.77. The highest BCUT2D eigenvalue weighted by Gasteiger charge is 2.29. The number of piperidine rings is 1. The standard InChI is InChI=1S/C24H32N8O/c1-16-12-17(2)27-24(26-16)32-7-5-6-19(15-32)22-20(21-13-18(3)29-33-21)14-25-23(28-22)31-10-8-30(4)9-11-31/h12-14,19H,5-11,15H2,1-4H3/t19-/m0/s1. The van der Waals surface area contributed by atoms with Gasteiger partial charge in [0.15, 0.2) is 5.76 Å². The molecule has 2 saturated heterocycles. The molecule has 0 unspecified atom stereocenters. The zero-order valence-corrected chi connectivity index (χ0v) is 20.0. The number of nitrogens with zero attached hydrogens (tertiary/aromatic N) is 8. The van der Waals surface area contributed by atoms with E-state index in [1.807, 2.05) is 39.1 Å². The number of likely N-dealkylation sites (N-methyl/N-ethyl adjacent to an activating group) is 1. The highest BCUT2D eigenvalue weighted by Crippen LogP contribution is 2.35. The largest absolute Gasteiger partial charge is 0.356 e. The SMILES string of the molecule is Cc1cc(-c2cnc(N3CCN(C)CC3)nc2[C@H]2CCCN(c3nc(C)cc(C)n3)C2)on1. The molecule has 174 valence electrons. The van der Waals surface area contributed by atoms with E-state index in [1.54, 1.807) is 0 Å². The van der Waals surface area contributed by atoms with Crippen molar-refractivity contribution in [2.75, 3.05) is 56.1 Å². The predicted octanol–water partition coefficient (Wildman–Crippen LogP) is 2.98. The Bertz CT molecular complexity index is 1100. The second-order valence-electron chi connectivity index (χ2n) is 9.33. The predicted molar refractivity (Wildman–Crippen MR) is 128 cm³/mol. The van der Waals surface area contributed by atoms with Crippen molar-refractivity contribution >= 4 is 11.9 Å². The van der Waals surface area contributed by atoms with Crippen LogP contribution in [0.2, 0.25) is 0 Å². The first-order valence-corrected chi connectivity index (χ1v) is 11.8. The number of aryl methyl sites for hydroxylation is 3. The van der Waals surface area contributed by atoms with Gasteiger partial charge in [0.05, 0.1) is 17.0 Å². The van der Waals surface area contributed by atoms with Crippen molar-refractivity contribution < 1.29 is 4.52 Å². The molecule has 2 aliphatic rings. The molecule has 0 aromatic carbocycles. The van der Waals surface area contributed by atoms with E-state index >= 15 is 0 Å². The average molecular weight is 449 g/mol. The molecule has 9 heteroatoms. The summed E-state index contributed by atoms with van der Waals surface area (Å²) < 4.78 is 5.64. The van der Waals surface area contributed by atoms with Crippen LogP contribution in [0.5, 0.6) is 0 Å². The summed E-state index contributed by atoms with van der Waals surface area (Å²) in [6, 6.07) is 3.98. The molecule has 0 spiro atoms. The maximum atomic E-state index is 5.64. The number of rotatable bonds is 4. The minimum Gasteiger partial charge on any atom is -0.356 e. The van der Waals surface area contributed by atoms with Gasteiger partial charge in [0.25, 0.3) is 0 Å². The molecule has 2 aliphatic heterocycles. The molecular formula is C24H32N8O. The van der Waals surface area contributed by atoms with Crippen LogP contribution >= 0.6 is 0 Å². The van der Waals surface area contributed by atoms with Crippen LogP contribution in [-0.2, 0) is 0 Å². The molecule has 3 aromatic rings. The van der Waals surface area contributed by atoms with Crippen molar-refractivity contribution in [3.8, 4) is 11.3 Å². The van der Waals surface area contributed by atoms with E-state index in [-0.39, 0.29) is 5.92 Å².